The SMILES string of the molecule is CN[C@H]1C2N(CC3CC3)C23Cc2ccc(OC)cc2[C@@]1(C)C3. The number of likely N-dealkylation sites (N-methyl/N-ethyl adjacent to an activating group) is 1. The predicted molar refractivity (Wildman–Crippen MR) is 87.5 cm³/mol. The van der Waals surface area contributed by atoms with Gasteiger partial charge in [-0.1, -0.05) is 13.0 Å². The first-order chi connectivity index (χ1) is 10.6. The zero-order valence-electron chi connectivity index (χ0n) is 13.9. The van der Waals surface area contributed by atoms with Crippen molar-refractivity contribution in [2.75, 3.05) is 20.7 Å². The molecule has 2 saturated carbocycles. The Kier molecular flexibility index (Phi) is 2.47. The largest absolute Gasteiger partial charge is 0.497 e. The van der Waals surface area contributed by atoms with E-state index in [9.17, 15) is 0 Å². The summed E-state index contributed by atoms with van der Waals surface area (Å²) in [6, 6.07) is 8.06. The number of hydrogen-bond acceptors (Lipinski definition) is 3. The number of benzene rings is 1. The van der Waals surface area contributed by atoms with Crippen molar-refractivity contribution in [2.45, 2.75) is 55.6 Å². The first-order valence-corrected chi connectivity index (χ1v) is 8.74. The Labute approximate surface area is 133 Å². The van der Waals surface area contributed by atoms with E-state index in [4.69, 9.17) is 4.74 Å². The van der Waals surface area contributed by atoms with Crippen LogP contribution in [0, 0.1) is 5.92 Å². The molecule has 3 fully saturated rings. The zero-order valence-corrected chi connectivity index (χ0v) is 13.9. The van der Waals surface area contributed by atoms with Gasteiger partial charge in [-0.3, -0.25) is 4.90 Å². The van der Waals surface area contributed by atoms with E-state index in [1.807, 2.05) is 0 Å². The minimum Gasteiger partial charge on any atom is -0.497 e. The van der Waals surface area contributed by atoms with E-state index in [1.165, 1.54) is 37.8 Å². The predicted octanol–water partition coefficient (Wildman–Crippen LogP) is 2.33. The highest BCUT2D eigenvalue weighted by Crippen LogP contribution is 2.66. The summed E-state index contributed by atoms with van der Waals surface area (Å²) >= 11 is 0. The van der Waals surface area contributed by atoms with Crippen molar-refractivity contribution in [3.05, 3.63) is 29.3 Å². The third kappa shape index (κ3) is 1.49. The monoisotopic (exact) mass is 298 g/mol. The van der Waals surface area contributed by atoms with E-state index >= 15 is 0 Å². The maximum Gasteiger partial charge on any atom is 0.119 e. The molecular weight excluding hydrogens is 272 g/mol. The number of fused-ring (bicyclic) bond motifs is 3. The molecule has 3 unspecified atom stereocenters. The van der Waals surface area contributed by atoms with Crippen molar-refractivity contribution in [3.8, 4) is 5.75 Å². The van der Waals surface area contributed by atoms with Crippen molar-refractivity contribution in [1.29, 1.82) is 0 Å². The zero-order chi connectivity index (χ0) is 15.1. The third-order valence-electron chi connectivity index (χ3n) is 6.96. The molecule has 5 atom stereocenters. The van der Waals surface area contributed by atoms with Gasteiger partial charge in [-0.15, -0.1) is 0 Å². The summed E-state index contributed by atoms with van der Waals surface area (Å²) < 4.78 is 5.49. The van der Waals surface area contributed by atoms with Crippen LogP contribution in [-0.2, 0) is 11.8 Å². The van der Waals surface area contributed by atoms with Crippen molar-refractivity contribution < 1.29 is 4.74 Å². The van der Waals surface area contributed by atoms with Crippen LogP contribution >= 0.6 is 0 Å². The van der Waals surface area contributed by atoms with Gasteiger partial charge in [-0.25, -0.2) is 0 Å². The smallest absolute Gasteiger partial charge is 0.119 e. The van der Waals surface area contributed by atoms with Crippen LogP contribution in [0.25, 0.3) is 0 Å². The topological polar surface area (TPSA) is 24.3 Å². The highest BCUT2D eigenvalue weighted by Gasteiger charge is 2.76. The fourth-order valence-electron chi connectivity index (χ4n) is 5.83. The molecule has 4 aliphatic rings. The summed E-state index contributed by atoms with van der Waals surface area (Å²) in [5.41, 5.74) is 3.78. The summed E-state index contributed by atoms with van der Waals surface area (Å²) in [7, 11) is 3.92. The molecule has 1 spiro atoms. The molecule has 5 rings (SSSR count). The van der Waals surface area contributed by atoms with E-state index in [0.29, 0.717) is 11.6 Å². The van der Waals surface area contributed by atoms with Gasteiger partial charge in [0, 0.05) is 29.6 Å². The molecule has 118 valence electrons. The van der Waals surface area contributed by atoms with E-state index < -0.39 is 0 Å². The lowest BCUT2D eigenvalue weighted by Crippen LogP contribution is -2.49. The molecule has 0 amide bonds. The van der Waals surface area contributed by atoms with Gasteiger partial charge in [0.1, 0.15) is 5.75 Å². The van der Waals surface area contributed by atoms with Gasteiger partial charge in [0.15, 0.2) is 0 Å². The number of piperidine rings is 1. The quantitative estimate of drug-likeness (QED) is 0.864. The van der Waals surface area contributed by atoms with Crippen LogP contribution in [0.3, 0.4) is 0 Å². The van der Waals surface area contributed by atoms with Crippen LogP contribution in [0.4, 0.5) is 0 Å². The molecule has 3 nitrogen and oxygen atoms in total. The van der Waals surface area contributed by atoms with Crippen molar-refractivity contribution >= 4 is 0 Å². The van der Waals surface area contributed by atoms with Gasteiger partial charge < -0.3 is 10.1 Å². The van der Waals surface area contributed by atoms with Crippen molar-refractivity contribution in [3.63, 3.8) is 0 Å². The lowest BCUT2D eigenvalue weighted by molar-refractivity contribution is 0.222. The molecule has 1 aromatic rings. The number of nitrogens with one attached hydrogen (secondary N) is 1. The van der Waals surface area contributed by atoms with Crippen LogP contribution in [-0.4, -0.2) is 43.2 Å². The van der Waals surface area contributed by atoms with Gasteiger partial charge in [0.2, 0.25) is 0 Å². The first-order valence-electron chi connectivity index (χ1n) is 8.74. The van der Waals surface area contributed by atoms with Gasteiger partial charge >= 0.3 is 0 Å². The molecule has 0 radical (unpaired) electrons. The Hall–Kier alpha value is -1.06. The Morgan fingerprint density at radius 2 is 2.18 bits per heavy atom. The van der Waals surface area contributed by atoms with E-state index in [1.54, 1.807) is 12.7 Å². The maximum atomic E-state index is 5.49. The lowest BCUT2D eigenvalue weighted by atomic mass is 9.69. The standard InChI is InChI=1S/C19H26N2O/c1-18-11-19(9-13-6-7-14(22-3)8-15(13)18)17(16(18)20-2)21(19)10-12-4-5-12/h6-8,12,16-17,20H,4-5,9-11H2,1-3H3/t16-,17?,18+,19?,21?/m0/s1. The van der Waals surface area contributed by atoms with Gasteiger partial charge in [-0.2, -0.15) is 0 Å². The number of methoxy groups -OCH3 is 1. The number of rotatable bonds is 4. The minimum absolute atomic E-state index is 0.252. The van der Waals surface area contributed by atoms with E-state index in [0.717, 1.165) is 17.7 Å². The Balaban J connectivity index is 1.58. The molecule has 1 aliphatic heterocycles. The second kappa shape index (κ2) is 4.07. The summed E-state index contributed by atoms with van der Waals surface area (Å²) in [6.07, 6.45) is 5.45. The maximum absolute atomic E-state index is 5.49. The Morgan fingerprint density at radius 1 is 1.36 bits per heavy atom. The van der Waals surface area contributed by atoms with Crippen LogP contribution in [0.15, 0.2) is 18.2 Å². The average Bonchev–Trinajstić information content (AvgIpc) is 3.41. The van der Waals surface area contributed by atoms with Crippen LogP contribution in [0.2, 0.25) is 0 Å². The normalized spacial score (nSPS) is 44.4. The highest BCUT2D eigenvalue weighted by molar-refractivity contribution is 5.53. The molecule has 1 N–H and O–H groups in total. The Morgan fingerprint density at radius 3 is 2.86 bits per heavy atom. The molecule has 3 heteroatoms. The molecule has 1 aromatic carbocycles. The summed E-state index contributed by atoms with van der Waals surface area (Å²) in [5, 5.41) is 3.68. The van der Waals surface area contributed by atoms with Crippen LogP contribution in [0.5, 0.6) is 5.75 Å². The van der Waals surface area contributed by atoms with E-state index in [2.05, 4.69) is 42.4 Å². The minimum atomic E-state index is 0.252. The highest BCUT2D eigenvalue weighted by atomic mass is 16.5. The summed E-state index contributed by atoms with van der Waals surface area (Å²) in [4.78, 5) is 2.83. The fourth-order valence-corrected chi connectivity index (χ4v) is 5.83. The van der Waals surface area contributed by atoms with Crippen LogP contribution in [0.1, 0.15) is 37.3 Å². The molecule has 2 bridgehead atoms. The molecular formula is C19H26N2O. The number of ether oxygens (including phenoxy) is 1. The molecule has 1 saturated heterocycles. The average molecular weight is 298 g/mol. The number of likely N-dealkylation sites (tertiary alicyclic amines) is 1. The van der Waals surface area contributed by atoms with Crippen molar-refractivity contribution in [2.24, 2.45) is 5.92 Å². The van der Waals surface area contributed by atoms with Gasteiger partial charge in [0.05, 0.1) is 7.11 Å². The Bertz CT molecular complexity index is 640. The van der Waals surface area contributed by atoms with Gasteiger partial charge in [0.25, 0.3) is 0 Å². The number of nitrogens with zero attached hydrogens (tertiary/aromatic N) is 1. The first kappa shape index (κ1) is 13.4. The third-order valence-corrected chi connectivity index (χ3v) is 6.96. The molecule has 3 aliphatic carbocycles. The second-order valence-electron chi connectivity index (χ2n) is 8.20. The summed E-state index contributed by atoms with van der Waals surface area (Å²) in [6.45, 7) is 3.80. The molecule has 1 heterocycles. The van der Waals surface area contributed by atoms with Crippen molar-refractivity contribution in [1.82, 2.24) is 10.2 Å². The fraction of sp³-hybridized carbons (Fsp3) is 0.684. The second-order valence-corrected chi connectivity index (χ2v) is 8.20. The summed E-state index contributed by atoms with van der Waals surface area (Å²) in [5.74, 6) is 1.99. The van der Waals surface area contributed by atoms with Crippen LogP contribution < -0.4 is 10.1 Å². The lowest BCUT2D eigenvalue weighted by Gasteiger charge is -2.42. The number of hydrogen-bond donors (Lipinski definition) is 1. The van der Waals surface area contributed by atoms with E-state index in [-0.39, 0.29) is 5.41 Å². The molecule has 0 aromatic heterocycles. The van der Waals surface area contributed by atoms with Gasteiger partial charge in [-0.05, 0) is 61.9 Å². The molecule has 22 heavy (non-hydrogen) atoms.